The van der Waals surface area contributed by atoms with Crippen molar-refractivity contribution in [3.05, 3.63) is 78.5 Å². The van der Waals surface area contributed by atoms with Gasteiger partial charge in [-0.3, -0.25) is 0 Å². The second-order valence-corrected chi connectivity index (χ2v) is 9.30. The third-order valence-electron chi connectivity index (χ3n) is 6.81. The highest BCUT2D eigenvalue weighted by Crippen LogP contribution is 2.33. The first-order valence-corrected chi connectivity index (χ1v) is 12.1. The molecule has 0 amide bonds. The van der Waals surface area contributed by atoms with Gasteiger partial charge in [0.25, 0.3) is 0 Å². The van der Waals surface area contributed by atoms with Crippen LogP contribution in [-0.2, 0) is 13.6 Å². The van der Waals surface area contributed by atoms with Gasteiger partial charge in [-0.15, -0.1) is 15.3 Å². The number of nitrogens with zero attached hydrogens (tertiary/aromatic N) is 6. The van der Waals surface area contributed by atoms with Crippen LogP contribution in [0, 0.1) is 5.82 Å². The van der Waals surface area contributed by atoms with Crippen LogP contribution < -0.4 is 5.32 Å². The number of aliphatic hydroxyl groups is 1. The quantitative estimate of drug-likeness (QED) is 0.379. The molecule has 182 valence electrons. The van der Waals surface area contributed by atoms with E-state index in [9.17, 15) is 9.50 Å². The van der Waals surface area contributed by atoms with Crippen molar-refractivity contribution in [3.63, 3.8) is 0 Å². The topological polar surface area (TPSA) is 93.2 Å². The summed E-state index contributed by atoms with van der Waals surface area (Å²) < 4.78 is 17.7. The number of benzene rings is 2. The van der Waals surface area contributed by atoms with Gasteiger partial charge >= 0.3 is 0 Å². The summed E-state index contributed by atoms with van der Waals surface area (Å²) in [5.74, 6) is 0.866. The summed E-state index contributed by atoms with van der Waals surface area (Å²) >= 11 is 0. The molecule has 1 saturated carbocycles. The predicted molar refractivity (Wildman–Crippen MR) is 134 cm³/mol. The lowest BCUT2D eigenvalue weighted by molar-refractivity contribution is 0.148. The highest BCUT2D eigenvalue weighted by molar-refractivity contribution is 5.82. The van der Waals surface area contributed by atoms with Gasteiger partial charge in [0, 0.05) is 37.0 Å². The molecule has 0 radical (unpaired) electrons. The molecular formula is C27H26FN7O. The van der Waals surface area contributed by atoms with Gasteiger partial charge in [0.2, 0.25) is 0 Å². The van der Waals surface area contributed by atoms with E-state index in [0.717, 1.165) is 47.2 Å². The SMILES string of the molecule is Cn1cnnc1-c1cc(F)ccc1-c1cccc(-c2nc3ccc(CN[C@@H]4CCC[C@@H]4O)cn3n2)c1. The third kappa shape index (κ3) is 4.27. The number of aryl methyl sites for hydroxylation is 1. The number of hydrogen-bond donors (Lipinski definition) is 2. The minimum Gasteiger partial charge on any atom is -0.392 e. The fraction of sp³-hybridized carbons (Fsp3) is 0.259. The molecule has 0 aliphatic heterocycles. The van der Waals surface area contributed by atoms with Crippen LogP contribution in [0.4, 0.5) is 4.39 Å². The first-order valence-electron chi connectivity index (χ1n) is 12.1. The number of halogens is 1. The first-order chi connectivity index (χ1) is 17.5. The smallest absolute Gasteiger partial charge is 0.182 e. The fourth-order valence-electron chi connectivity index (χ4n) is 4.89. The number of nitrogens with one attached hydrogen (secondary N) is 1. The zero-order valence-electron chi connectivity index (χ0n) is 19.8. The predicted octanol–water partition coefficient (Wildman–Crippen LogP) is 4.00. The number of aromatic nitrogens is 6. The lowest BCUT2D eigenvalue weighted by Gasteiger charge is -2.16. The molecule has 0 unspecified atom stereocenters. The first kappa shape index (κ1) is 22.5. The molecule has 3 heterocycles. The average molecular weight is 484 g/mol. The van der Waals surface area contributed by atoms with Gasteiger partial charge in [0.15, 0.2) is 17.3 Å². The second kappa shape index (κ2) is 9.25. The van der Waals surface area contributed by atoms with Crippen molar-refractivity contribution >= 4 is 5.65 Å². The van der Waals surface area contributed by atoms with E-state index in [2.05, 4.69) is 15.5 Å². The summed E-state index contributed by atoms with van der Waals surface area (Å²) in [5, 5.41) is 26.3. The molecule has 6 rings (SSSR count). The summed E-state index contributed by atoms with van der Waals surface area (Å²) in [7, 11) is 1.83. The number of aliphatic hydroxyl groups excluding tert-OH is 1. The molecular weight excluding hydrogens is 457 g/mol. The molecule has 1 fully saturated rings. The number of pyridine rings is 1. The molecule has 2 aromatic carbocycles. The Bertz CT molecular complexity index is 1540. The van der Waals surface area contributed by atoms with Crippen molar-refractivity contribution < 1.29 is 9.50 Å². The molecule has 2 N–H and O–H groups in total. The zero-order valence-corrected chi connectivity index (χ0v) is 19.8. The zero-order chi connectivity index (χ0) is 24.6. The van der Waals surface area contributed by atoms with E-state index >= 15 is 0 Å². The molecule has 36 heavy (non-hydrogen) atoms. The normalized spacial score (nSPS) is 17.8. The Labute approximate surface area is 207 Å². The van der Waals surface area contributed by atoms with E-state index in [1.54, 1.807) is 21.5 Å². The number of fused-ring (bicyclic) bond motifs is 1. The van der Waals surface area contributed by atoms with Crippen LogP contribution in [0.5, 0.6) is 0 Å². The van der Waals surface area contributed by atoms with E-state index in [4.69, 9.17) is 10.1 Å². The molecule has 1 aliphatic carbocycles. The molecule has 9 heteroatoms. The van der Waals surface area contributed by atoms with E-state index in [1.807, 2.05) is 49.6 Å². The Morgan fingerprint density at radius 3 is 2.75 bits per heavy atom. The van der Waals surface area contributed by atoms with Crippen molar-refractivity contribution in [2.45, 2.75) is 38.0 Å². The molecule has 0 saturated heterocycles. The van der Waals surface area contributed by atoms with Crippen molar-refractivity contribution in [2.75, 3.05) is 0 Å². The fourth-order valence-corrected chi connectivity index (χ4v) is 4.89. The molecule has 0 spiro atoms. The largest absolute Gasteiger partial charge is 0.392 e. The molecule has 0 bridgehead atoms. The van der Waals surface area contributed by atoms with Crippen molar-refractivity contribution in [3.8, 4) is 33.9 Å². The number of rotatable bonds is 6. The minimum absolute atomic E-state index is 0.146. The van der Waals surface area contributed by atoms with Gasteiger partial charge in [-0.25, -0.2) is 13.9 Å². The Morgan fingerprint density at radius 1 is 1.06 bits per heavy atom. The third-order valence-corrected chi connectivity index (χ3v) is 6.81. The Hall–Kier alpha value is -3.95. The maximum atomic E-state index is 14.1. The Kier molecular flexibility index (Phi) is 5.79. The van der Waals surface area contributed by atoms with E-state index in [1.165, 1.54) is 12.1 Å². The van der Waals surface area contributed by atoms with Crippen LogP contribution in [0.25, 0.3) is 39.5 Å². The van der Waals surface area contributed by atoms with E-state index in [-0.39, 0.29) is 18.0 Å². The van der Waals surface area contributed by atoms with E-state index < -0.39 is 0 Å². The van der Waals surface area contributed by atoms with Crippen LogP contribution >= 0.6 is 0 Å². The van der Waals surface area contributed by atoms with Crippen LogP contribution in [0.3, 0.4) is 0 Å². The van der Waals surface area contributed by atoms with Crippen molar-refractivity contribution in [2.24, 2.45) is 7.05 Å². The molecule has 3 aromatic heterocycles. The van der Waals surface area contributed by atoms with Crippen molar-refractivity contribution in [1.29, 1.82) is 0 Å². The van der Waals surface area contributed by atoms with Crippen LogP contribution in [0.1, 0.15) is 24.8 Å². The van der Waals surface area contributed by atoms with Crippen LogP contribution in [0.15, 0.2) is 67.1 Å². The van der Waals surface area contributed by atoms with E-state index in [0.29, 0.717) is 23.8 Å². The molecule has 8 nitrogen and oxygen atoms in total. The van der Waals surface area contributed by atoms with Gasteiger partial charge in [-0.1, -0.05) is 30.3 Å². The maximum Gasteiger partial charge on any atom is 0.182 e. The lowest BCUT2D eigenvalue weighted by Crippen LogP contribution is -2.35. The lowest BCUT2D eigenvalue weighted by atomic mass is 9.97. The summed E-state index contributed by atoms with van der Waals surface area (Å²) in [6.07, 6.45) is 6.22. The Morgan fingerprint density at radius 2 is 1.94 bits per heavy atom. The maximum absolute atomic E-state index is 14.1. The second-order valence-electron chi connectivity index (χ2n) is 9.30. The number of hydrogen-bond acceptors (Lipinski definition) is 6. The highest BCUT2D eigenvalue weighted by Gasteiger charge is 2.24. The Balaban J connectivity index is 1.31. The summed E-state index contributed by atoms with van der Waals surface area (Å²) in [6.45, 7) is 0.664. The van der Waals surface area contributed by atoms with Gasteiger partial charge in [0.1, 0.15) is 12.1 Å². The minimum atomic E-state index is -0.331. The van der Waals surface area contributed by atoms with Gasteiger partial charge < -0.3 is 15.0 Å². The van der Waals surface area contributed by atoms with Gasteiger partial charge in [0.05, 0.1) is 6.10 Å². The van der Waals surface area contributed by atoms with Crippen LogP contribution in [-0.4, -0.2) is 46.6 Å². The van der Waals surface area contributed by atoms with Gasteiger partial charge in [-0.2, -0.15) is 0 Å². The molecule has 1 aliphatic rings. The highest BCUT2D eigenvalue weighted by atomic mass is 19.1. The molecule has 5 aromatic rings. The van der Waals surface area contributed by atoms with Crippen LogP contribution in [0.2, 0.25) is 0 Å². The standard InChI is InChI=1S/C27H26FN7O/c1-34-16-30-32-27(34)22-13-20(28)9-10-21(22)18-4-2-5-19(12-18)26-31-25-11-8-17(15-35(25)33-26)14-29-23-6-3-7-24(23)36/h2,4-5,8-13,15-16,23-24,29,36H,3,6-7,14H2,1H3/t23-,24+/m1/s1. The summed E-state index contributed by atoms with van der Waals surface area (Å²) in [6, 6.07) is 16.7. The molecule has 2 atom stereocenters. The van der Waals surface area contributed by atoms with Gasteiger partial charge in [-0.05, 0) is 60.2 Å². The van der Waals surface area contributed by atoms with Crippen molar-refractivity contribution in [1.82, 2.24) is 34.7 Å². The summed E-state index contributed by atoms with van der Waals surface area (Å²) in [4.78, 5) is 4.71. The summed E-state index contributed by atoms with van der Waals surface area (Å²) in [5.41, 5.74) is 5.11. The average Bonchev–Trinajstić information content (AvgIpc) is 3.62. The monoisotopic (exact) mass is 483 g/mol.